The van der Waals surface area contributed by atoms with Crippen molar-refractivity contribution in [1.29, 1.82) is 0 Å². The third-order valence-corrected chi connectivity index (χ3v) is 5.50. The van der Waals surface area contributed by atoms with Crippen LogP contribution in [-0.4, -0.2) is 35.4 Å². The van der Waals surface area contributed by atoms with E-state index in [-0.39, 0.29) is 0 Å². The molecule has 0 radical (unpaired) electrons. The van der Waals surface area contributed by atoms with Gasteiger partial charge >= 0.3 is 0 Å². The fourth-order valence-corrected chi connectivity index (χ4v) is 4.21. The van der Waals surface area contributed by atoms with E-state index in [1.807, 2.05) is 0 Å². The van der Waals surface area contributed by atoms with E-state index in [1.165, 1.54) is 57.3 Å². The lowest BCUT2D eigenvalue weighted by atomic mass is 9.67. The molecule has 2 heterocycles. The van der Waals surface area contributed by atoms with Gasteiger partial charge < -0.3 is 10.6 Å². The maximum atomic E-state index is 4.35. The zero-order valence-electron chi connectivity index (χ0n) is 13.5. The standard InChI is InChI=1S/C17H30N4/c1-13(11-16-12-14(2)20-21-16)19-15-3-5-17(6-4-15)7-9-18-10-8-17/h12-13,15,18-19H,3-11H2,1-2H3,(H,20,21). The smallest absolute Gasteiger partial charge is 0.0640 e. The summed E-state index contributed by atoms with van der Waals surface area (Å²) in [5.41, 5.74) is 3.01. The summed E-state index contributed by atoms with van der Waals surface area (Å²) in [4.78, 5) is 0. The van der Waals surface area contributed by atoms with Gasteiger partial charge in [-0.25, -0.2) is 0 Å². The van der Waals surface area contributed by atoms with Gasteiger partial charge in [0.05, 0.1) is 5.69 Å². The van der Waals surface area contributed by atoms with Crippen LogP contribution in [0, 0.1) is 12.3 Å². The van der Waals surface area contributed by atoms with Crippen LogP contribution in [0.3, 0.4) is 0 Å². The Morgan fingerprint density at radius 3 is 2.62 bits per heavy atom. The molecule has 1 aliphatic carbocycles. The van der Waals surface area contributed by atoms with Gasteiger partial charge in [0, 0.05) is 24.2 Å². The second-order valence-corrected chi connectivity index (χ2v) is 7.34. The predicted octanol–water partition coefficient (Wildman–Crippen LogP) is 2.55. The van der Waals surface area contributed by atoms with Gasteiger partial charge in [0.2, 0.25) is 0 Å². The molecule has 1 aliphatic heterocycles. The number of nitrogens with zero attached hydrogens (tertiary/aromatic N) is 1. The van der Waals surface area contributed by atoms with Gasteiger partial charge in [-0.05, 0) is 76.9 Å². The number of hydrogen-bond acceptors (Lipinski definition) is 3. The van der Waals surface area contributed by atoms with Gasteiger partial charge in [-0.3, -0.25) is 5.10 Å². The van der Waals surface area contributed by atoms with Crippen LogP contribution in [0.25, 0.3) is 0 Å². The second kappa shape index (κ2) is 6.49. The second-order valence-electron chi connectivity index (χ2n) is 7.34. The zero-order chi connectivity index (χ0) is 14.7. The molecule has 1 aromatic heterocycles. The van der Waals surface area contributed by atoms with E-state index in [9.17, 15) is 0 Å². The van der Waals surface area contributed by atoms with Gasteiger partial charge in [0.25, 0.3) is 0 Å². The van der Waals surface area contributed by atoms with E-state index >= 15 is 0 Å². The number of hydrogen-bond donors (Lipinski definition) is 3. The molecule has 1 saturated carbocycles. The first-order chi connectivity index (χ1) is 10.2. The summed E-state index contributed by atoms with van der Waals surface area (Å²) < 4.78 is 0. The Kier molecular flexibility index (Phi) is 4.65. The Labute approximate surface area is 128 Å². The van der Waals surface area contributed by atoms with Crippen molar-refractivity contribution in [1.82, 2.24) is 20.8 Å². The van der Waals surface area contributed by atoms with Crippen molar-refractivity contribution in [2.75, 3.05) is 13.1 Å². The quantitative estimate of drug-likeness (QED) is 0.799. The molecule has 1 saturated heterocycles. The summed E-state index contributed by atoms with van der Waals surface area (Å²) >= 11 is 0. The third-order valence-electron chi connectivity index (χ3n) is 5.50. The van der Waals surface area contributed by atoms with Crippen molar-refractivity contribution in [2.24, 2.45) is 5.41 Å². The highest BCUT2D eigenvalue weighted by Gasteiger charge is 2.36. The minimum atomic E-state index is 0.514. The van der Waals surface area contributed by atoms with E-state index < -0.39 is 0 Å². The molecule has 1 atom stereocenters. The number of aryl methyl sites for hydroxylation is 1. The average molecular weight is 290 g/mol. The minimum Gasteiger partial charge on any atom is -0.317 e. The van der Waals surface area contributed by atoms with Crippen molar-refractivity contribution in [3.05, 3.63) is 17.5 Å². The first-order valence-corrected chi connectivity index (χ1v) is 8.63. The Morgan fingerprint density at radius 2 is 2.00 bits per heavy atom. The Balaban J connectivity index is 1.44. The highest BCUT2D eigenvalue weighted by molar-refractivity contribution is 5.08. The lowest BCUT2D eigenvalue weighted by molar-refractivity contribution is 0.113. The van der Waals surface area contributed by atoms with Gasteiger partial charge in [0.15, 0.2) is 0 Å². The number of H-pyrrole nitrogens is 1. The lowest BCUT2D eigenvalue weighted by Crippen LogP contribution is -2.45. The molecule has 1 aromatic rings. The van der Waals surface area contributed by atoms with Crippen molar-refractivity contribution in [2.45, 2.75) is 70.9 Å². The summed E-state index contributed by atoms with van der Waals surface area (Å²) in [6.07, 6.45) is 9.34. The summed E-state index contributed by atoms with van der Waals surface area (Å²) in [6.45, 7) is 6.81. The Hall–Kier alpha value is -0.870. The molecule has 3 rings (SSSR count). The van der Waals surface area contributed by atoms with Crippen LogP contribution >= 0.6 is 0 Å². The van der Waals surface area contributed by atoms with Gasteiger partial charge in [-0.2, -0.15) is 5.10 Å². The van der Waals surface area contributed by atoms with Crippen molar-refractivity contribution in [3.63, 3.8) is 0 Å². The fraction of sp³-hybridized carbons (Fsp3) is 0.824. The van der Waals surface area contributed by atoms with Gasteiger partial charge in [-0.1, -0.05) is 0 Å². The van der Waals surface area contributed by atoms with Crippen LogP contribution in [0.4, 0.5) is 0 Å². The maximum absolute atomic E-state index is 4.35. The SMILES string of the molecule is Cc1cc(CC(C)NC2CCC3(CCNCC3)CC2)n[nH]1. The van der Waals surface area contributed by atoms with E-state index in [0.29, 0.717) is 17.5 Å². The van der Waals surface area contributed by atoms with Crippen LogP contribution in [0.5, 0.6) is 0 Å². The zero-order valence-corrected chi connectivity index (χ0v) is 13.5. The van der Waals surface area contributed by atoms with Gasteiger partial charge in [0.1, 0.15) is 0 Å². The first-order valence-electron chi connectivity index (χ1n) is 8.63. The normalized spacial score (nSPS) is 24.3. The topological polar surface area (TPSA) is 52.7 Å². The monoisotopic (exact) mass is 290 g/mol. The molecular formula is C17H30N4. The van der Waals surface area contributed by atoms with Crippen LogP contribution in [-0.2, 0) is 6.42 Å². The van der Waals surface area contributed by atoms with Crippen LogP contribution in [0.1, 0.15) is 56.8 Å². The molecular weight excluding hydrogens is 260 g/mol. The first kappa shape index (κ1) is 15.0. The fourth-order valence-electron chi connectivity index (χ4n) is 4.21. The van der Waals surface area contributed by atoms with Gasteiger partial charge in [-0.15, -0.1) is 0 Å². The number of aromatic nitrogens is 2. The summed E-state index contributed by atoms with van der Waals surface area (Å²) in [7, 11) is 0. The van der Waals surface area contributed by atoms with Crippen molar-refractivity contribution >= 4 is 0 Å². The van der Waals surface area contributed by atoms with Crippen molar-refractivity contribution < 1.29 is 0 Å². The van der Waals surface area contributed by atoms with E-state index in [2.05, 4.69) is 40.7 Å². The molecule has 0 aromatic carbocycles. The van der Waals surface area contributed by atoms with E-state index in [1.54, 1.807) is 0 Å². The number of aromatic amines is 1. The van der Waals surface area contributed by atoms with E-state index in [4.69, 9.17) is 0 Å². The maximum Gasteiger partial charge on any atom is 0.0640 e. The van der Waals surface area contributed by atoms with E-state index in [0.717, 1.165) is 12.1 Å². The molecule has 4 nitrogen and oxygen atoms in total. The Morgan fingerprint density at radius 1 is 1.29 bits per heavy atom. The molecule has 21 heavy (non-hydrogen) atoms. The molecule has 1 unspecified atom stereocenters. The number of nitrogens with one attached hydrogen (secondary N) is 3. The largest absolute Gasteiger partial charge is 0.317 e. The summed E-state index contributed by atoms with van der Waals surface area (Å²) in [6, 6.07) is 3.38. The highest BCUT2D eigenvalue weighted by Crippen LogP contribution is 2.43. The molecule has 0 bridgehead atoms. The van der Waals surface area contributed by atoms with Crippen LogP contribution < -0.4 is 10.6 Å². The van der Waals surface area contributed by atoms with Crippen molar-refractivity contribution in [3.8, 4) is 0 Å². The molecule has 3 N–H and O–H groups in total. The average Bonchev–Trinajstić information content (AvgIpc) is 2.88. The molecule has 118 valence electrons. The molecule has 1 spiro atoms. The molecule has 2 fully saturated rings. The summed E-state index contributed by atoms with van der Waals surface area (Å²) in [5.74, 6) is 0. The predicted molar refractivity (Wildman–Crippen MR) is 86.4 cm³/mol. The molecule has 2 aliphatic rings. The van der Waals surface area contributed by atoms with Crippen LogP contribution in [0.15, 0.2) is 6.07 Å². The number of rotatable bonds is 4. The molecule has 4 heteroatoms. The lowest BCUT2D eigenvalue weighted by Gasteiger charge is -2.43. The van der Waals surface area contributed by atoms with Crippen LogP contribution in [0.2, 0.25) is 0 Å². The summed E-state index contributed by atoms with van der Waals surface area (Å²) in [5, 5.41) is 14.7. The highest BCUT2D eigenvalue weighted by atomic mass is 15.1. The minimum absolute atomic E-state index is 0.514. The molecule has 0 amide bonds. The third kappa shape index (κ3) is 3.86. The number of piperidine rings is 1. The Bertz CT molecular complexity index is 437.